The number of carbonyl (C=O) groups is 5. The Morgan fingerprint density at radius 3 is 2.18 bits per heavy atom. The maximum absolute atomic E-state index is 12.5. The maximum Gasteiger partial charge on any atom is 0.326 e. The van der Waals surface area contributed by atoms with E-state index in [2.05, 4.69) is 26.3 Å². The number of anilines is 1. The van der Waals surface area contributed by atoms with Crippen molar-refractivity contribution in [2.24, 2.45) is 0 Å². The highest BCUT2D eigenvalue weighted by molar-refractivity contribution is 14.1. The van der Waals surface area contributed by atoms with Crippen molar-refractivity contribution in [1.29, 1.82) is 0 Å². The summed E-state index contributed by atoms with van der Waals surface area (Å²) in [6.07, 6.45) is -0.431. The number of nitrogens with zero attached hydrogens (tertiary/aromatic N) is 5. The summed E-state index contributed by atoms with van der Waals surface area (Å²) in [4.78, 5) is 78.8. The monoisotopic (exact) mass is 749 g/mol. The number of halogens is 1. The SMILES string of the molecule is O=C(O)CCC(NC(=O)N[C@H](CCCCNC(=O)Cn1nnc(I)c1CNc1ccc([N+](=O)[O-])cc1[N+](=O)[O-])C(=O)O)C(=O)O. The third-order valence-electron chi connectivity index (χ3n) is 6.01. The fraction of sp³-hybridized carbons (Fsp3) is 0.435. The summed E-state index contributed by atoms with van der Waals surface area (Å²) in [7, 11) is 0. The molecule has 0 saturated carbocycles. The summed E-state index contributed by atoms with van der Waals surface area (Å²) < 4.78 is 1.65. The van der Waals surface area contributed by atoms with Gasteiger partial charge in [0, 0.05) is 19.0 Å². The van der Waals surface area contributed by atoms with E-state index in [0.29, 0.717) is 15.8 Å². The molecular formula is C23H28IN9O12. The minimum atomic E-state index is -1.53. The minimum Gasteiger partial charge on any atom is -0.481 e. The summed E-state index contributed by atoms with van der Waals surface area (Å²) in [6.45, 7) is -0.204. The quantitative estimate of drug-likeness (QED) is 0.0449. The maximum atomic E-state index is 12.5. The number of hydrogen-bond acceptors (Lipinski definition) is 12. The Bertz CT molecular complexity index is 1450. The second kappa shape index (κ2) is 17.2. The Hall–Kier alpha value is -5.16. The lowest BCUT2D eigenvalue weighted by Gasteiger charge is -2.18. The molecular weight excluding hydrogens is 721 g/mol. The molecule has 22 heteroatoms. The summed E-state index contributed by atoms with van der Waals surface area (Å²) in [5, 5.41) is 66.9. The third kappa shape index (κ3) is 11.8. The molecule has 1 heterocycles. The van der Waals surface area contributed by atoms with Gasteiger partial charge in [0.1, 0.15) is 28.0 Å². The largest absolute Gasteiger partial charge is 0.481 e. The molecule has 0 aliphatic rings. The Morgan fingerprint density at radius 1 is 0.956 bits per heavy atom. The van der Waals surface area contributed by atoms with Crippen LogP contribution >= 0.6 is 22.6 Å². The molecule has 0 spiro atoms. The Labute approximate surface area is 266 Å². The van der Waals surface area contributed by atoms with Crippen LogP contribution in [0.5, 0.6) is 0 Å². The van der Waals surface area contributed by atoms with Gasteiger partial charge >= 0.3 is 23.9 Å². The molecule has 0 fully saturated rings. The first-order chi connectivity index (χ1) is 21.2. The smallest absolute Gasteiger partial charge is 0.326 e. The van der Waals surface area contributed by atoms with Crippen LogP contribution in [0.1, 0.15) is 37.8 Å². The number of non-ortho nitro benzene ring substituents is 1. The van der Waals surface area contributed by atoms with E-state index in [1.807, 2.05) is 27.9 Å². The van der Waals surface area contributed by atoms with Gasteiger partial charge < -0.3 is 36.6 Å². The zero-order chi connectivity index (χ0) is 33.7. The standard InChI is InChI=1S/C23H28IN9O12/c24-20-17(10-26-13-5-4-12(32(42)43)9-16(13)33(44)45)31(30-29-20)11-18(34)25-8-2-1-3-14(21(37)38)27-23(41)28-15(22(39)40)6-7-19(35)36/h4-5,9,14-15,26H,1-3,6-8,10-11H2,(H,25,34)(H,35,36)(H,37,38)(H,39,40)(H2,27,28,41)/t14-,15?/m1/s1. The number of hydrogen-bond donors (Lipinski definition) is 7. The molecule has 2 rings (SSSR count). The highest BCUT2D eigenvalue weighted by atomic mass is 127. The number of rotatable bonds is 19. The van der Waals surface area contributed by atoms with E-state index in [9.17, 15) is 49.3 Å². The van der Waals surface area contributed by atoms with Gasteiger partial charge in [-0.1, -0.05) is 5.21 Å². The summed E-state index contributed by atoms with van der Waals surface area (Å²) in [5.41, 5.74) is -0.563. The van der Waals surface area contributed by atoms with E-state index in [1.165, 1.54) is 10.7 Å². The van der Waals surface area contributed by atoms with Crippen LogP contribution < -0.4 is 21.3 Å². The van der Waals surface area contributed by atoms with Gasteiger partial charge in [0.25, 0.3) is 11.4 Å². The number of nitro groups is 2. The van der Waals surface area contributed by atoms with Crippen LogP contribution in [0.15, 0.2) is 18.2 Å². The lowest BCUT2D eigenvalue weighted by Crippen LogP contribution is -2.51. The van der Waals surface area contributed by atoms with Crippen LogP contribution in [0.2, 0.25) is 0 Å². The van der Waals surface area contributed by atoms with Crippen LogP contribution in [0.4, 0.5) is 21.9 Å². The average Bonchev–Trinajstić information content (AvgIpc) is 3.30. The number of amides is 3. The van der Waals surface area contributed by atoms with Crippen LogP contribution in [0, 0.1) is 23.9 Å². The topological polar surface area (TPSA) is 311 Å². The van der Waals surface area contributed by atoms with Gasteiger partial charge in [-0.25, -0.2) is 19.1 Å². The lowest BCUT2D eigenvalue weighted by molar-refractivity contribution is -0.393. The molecule has 1 aromatic heterocycles. The molecule has 2 atom stereocenters. The molecule has 21 nitrogen and oxygen atoms in total. The minimum absolute atomic E-state index is 0.00475. The molecule has 1 aromatic carbocycles. The van der Waals surface area contributed by atoms with Crippen LogP contribution in [0.3, 0.4) is 0 Å². The van der Waals surface area contributed by atoms with Crippen molar-refractivity contribution in [3.63, 3.8) is 0 Å². The molecule has 0 bridgehead atoms. The van der Waals surface area contributed by atoms with Gasteiger partial charge in [-0.15, -0.1) is 5.10 Å². The van der Waals surface area contributed by atoms with Gasteiger partial charge in [-0.05, 0) is 54.3 Å². The van der Waals surface area contributed by atoms with Crippen molar-refractivity contribution in [2.45, 2.75) is 57.3 Å². The van der Waals surface area contributed by atoms with Crippen molar-refractivity contribution in [2.75, 3.05) is 11.9 Å². The first kappa shape index (κ1) is 36.0. The van der Waals surface area contributed by atoms with Gasteiger partial charge in [0.05, 0.1) is 28.2 Å². The van der Waals surface area contributed by atoms with E-state index in [0.717, 1.165) is 12.1 Å². The number of nitro benzene ring substituents is 2. The molecule has 0 saturated heterocycles. The van der Waals surface area contributed by atoms with Crippen molar-refractivity contribution < 1.29 is 49.1 Å². The molecule has 0 aliphatic heterocycles. The van der Waals surface area contributed by atoms with Gasteiger partial charge in [0.2, 0.25) is 5.91 Å². The number of carbonyl (C=O) groups excluding carboxylic acids is 2. The molecule has 2 aromatic rings. The normalized spacial score (nSPS) is 11.9. The fourth-order valence-electron chi connectivity index (χ4n) is 3.75. The van der Waals surface area contributed by atoms with Gasteiger partial charge in [0.15, 0.2) is 0 Å². The highest BCUT2D eigenvalue weighted by Crippen LogP contribution is 2.29. The predicted octanol–water partition coefficient (Wildman–Crippen LogP) is 0.668. The van der Waals surface area contributed by atoms with Crippen LogP contribution in [-0.2, 0) is 32.3 Å². The Morgan fingerprint density at radius 2 is 1.60 bits per heavy atom. The fourth-order valence-corrected chi connectivity index (χ4v) is 4.32. The van der Waals surface area contributed by atoms with Crippen LogP contribution in [-0.4, -0.2) is 88.6 Å². The number of aliphatic carboxylic acids is 3. The van der Waals surface area contributed by atoms with E-state index < -0.39 is 76.0 Å². The third-order valence-corrected chi connectivity index (χ3v) is 6.85. The Kier molecular flexibility index (Phi) is 13.8. The summed E-state index contributed by atoms with van der Waals surface area (Å²) in [6, 6.07) is -0.892. The highest BCUT2D eigenvalue weighted by Gasteiger charge is 2.25. The Balaban J connectivity index is 1.85. The number of urea groups is 1. The van der Waals surface area contributed by atoms with Gasteiger partial charge in [-0.3, -0.25) is 29.8 Å². The van der Waals surface area contributed by atoms with Crippen molar-refractivity contribution in [3.05, 3.63) is 47.8 Å². The zero-order valence-electron chi connectivity index (χ0n) is 23.2. The van der Waals surface area contributed by atoms with E-state index >= 15 is 0 Å². The second-order valence-electron chi connectivity index (χ2n) is 9.23. The van der Waals surface area contributed by atoms with E-state index in [1.54, 1.807) is 0 Å². The van der Waals surface area contributed by atoms with E-state index in [4.69, 9.17) is 10.2 Å². The van der Waals surface area contributed by atoms with Gasteiger partial charge in [-0.2, -0.15) is 0 Å². The number of nitrogens with one attached hydrogen (secondary N) is 4. The lowest BCUT2D eigenvalue weighted by atomic mass is 10.1. The van der Waals surface area contributed by atoms with E-state index in [-0.39, 0.29) is 38.2 Å². The summed E-state index contributed by atoms with van der Waals surface area (Å²) >= 11 is 1.86. The molecule has 0 radical (unpaired) electrons. The first-order valence-corrected chi connectivity index (χ1v) is 14.0. The van der Waals surface area contributed by atoms with Crippen molar-refractivity contribution in [3.8, 4) is 0 Å². The molecule has 1 unspecified atom stereocenters. The number of unbranched alkanes of at least 4 members (excludes halogenated alkanes) is 1. The zero-order valence-corrected chi connectivity index (χ0v) is 25.3. The molecule has 244 valence electrons. The number of benzene rings is 1. The molecule has 7 N–H and O–H groups in total. The molecule has 45 heavy (non-hydrogen) atoms. The average molecular weight is 749 g/mol. The number of aromatic nitrogens is 3. The number of carboxylic acids is 3. The molecule has 0 aliphatic carbocycles. The molecule has 3 amide bonds. The second-order valence-corrected chi connectivity index (χ2v) is 10.3. The van der Waals surface area contributed by atoms with Crippen LogP contribution in [0.25, 0.3) is 0 Å². The summed E-state index contributed by atoms with van der Waals surface area (Å²) in [5.74, 6) is -4.60. The number of carboxylic acid groups (broad SMARTS) is 3. The first-order valence-electron chi connectivity index (χ1n) is 12.9. The predicted molar refractivity (Wildman–Crippen MR) is 158 cm³/mol. The van der Waals surface area contributed by atoms with Crippen molar-refractivity contribution in [1.82, 2.24) is 30.9 Å². The van der Waals surface area contributed by atoms with Crippen molar-refractivity contribution >= 4 is 69.5 Å².